The van der Waals surface area contributed by atoms with E-state index >= 15 is 0 Å². The quantitative estimate of drug-likeness (QED) is 0.149. The molecule has 30 heavy (non-hydrogen) atoms. The highest BCUT2D eigenvalue weighted by molar-refractivity contribution is 5.73. The molecule has 0 unspecified atom stereocenters. The first-order valence-corrected chi connectivity index (χ1v) is 13.8. The van der Waals surface area contributed by atoms with Crippen LogP contribution in [0, 0.1) is 0 Å². The van der Waals surface area contributed by atoms with Gasteiger partial charge in [-0.05, 0) is 12.8 Å². The Morgan fingerprint density at radius 2 is 0.633 bits per heavy atom. The summed E-state index contributed by atoms with van der Waals surface area (Å²) in [6.45, 7) is 6.19. The van der Waals surface area contributed by atoms with Crippen LogP contribution in [0.1, 0.15) is 155 Å². The van der Waals surface area contributed by atoms with Crippen molar-refractivity contribution in [3.8, 4) is 0 Å². The van der Waals surface area contributed by atoms with Crippen LogP contribution in [0.4, 0.5) is 4.79 Å². The Balaban J connectivity index is 3.13. The maximum absolute atomic E-state index is 11.8. The van der Waals surface area contributed by atoms with E-state index in [-0.39, 0.29) is 6.03 Å². The molecule has 0 heterocycles. The van der Waals surface area contributed by atoms with Gasteiger partial charge in [0.15, 0.2) is 0 Å². The SMILES string of the molecule is CCCCCCCCCCCCCCNC(=O)NCCCCCCCCCCCC. The van der Waals surface area contributed by atoms with Gasteiger partial charge in [-0.2, -0.15) is 0 Å². The number of hydrogen-bond donors (Lipinski definition) is 2. The normalized spacial score (nSPS) is 11.0. The Morgan fingerprint density at radius 3 is 0.900 bits per heavy atom. The maximum atomic E-state index is 11.8. The van der Waals surface area contributed by atoms with Crippen molar-refractivity contribution in [3.05, 3.63) is 0 Å². The molecule has 2 amide bonds. The molecule has 0 aromatic carbocycles. The Bertz CT molecular complexity index is 333. The van der Waals surface area contributed by atoms with Crippen LogP contribution < -0.4 is 10.6 Å². The highest BCUT2D eigenvalue weighted by Gasteiger charge is 1.99. The Kier molecular flexibility index (Phi) is 25.7. The zero-order valence-electron chi connectivity index (χ0n) is 20.9. The van der Waals surface area contributed by atoms with Gasteiger partial charge in [-0.1, -0.05) is 142 Å². The molecule has 3 nitrogen and oxygen atoms in total. The largest absolute Gasteiger partial charge is 0.338 e. The fourth-order valence-corrected chi connectivity index (χ4v) is 4.04. The number of unbranched alkanes of at least 4 members (excludes halogenated alkanes) is 20. The molecule has 0 aliphatic heterocycles. The maximum Gasteiger partial charge on any atom is 0.314 e. The summed E-state index contributed by atoms with van der Waals surface area (Å²) in [7, 11) is 0. The van der Waals surface area contributed by atoms with Crippen molar-refractivity contribution in [1.29, 1.82) is 0 Å². The molecule has 0 aromatic heterocycles. The van der Waals surface area contributed by atoms with Crippen molar-refractivity contribution >= 4 is 6.03 Å². The summed E-state index contributed by atoms with van der Waals surface area (Å²) in [6.07, 6.45) is 29.7. The van der Waals surface area contributed by atoms with E-state index in [1.165, 1.54) is 128 Å². The lowest BCUT2D eigenvalue weighted by Crippen LogP contribution is -2.36. The second-order valence-corrected chi connectivity index (χ2v) is 9.25. The smallest absolute Gasteiger partial charge is 0.314 e. The minimum Gasteiger partial charge on any atom is -0.338 e. The fraction of sp³-hybridized carbons (Fsp3) is 0.963. The van der Waals surface area contributed by atoms with Crippen molar-refractivity contribution in [3.63, 3.8) is 0 Å². The van der Waals surface area contributed by atoms with Crippen LogP contribution in [0.5, 0.6) is 0 Å². The number of rotatable bonds is 24. The predicted octanol–water partition coefficient (Wildman–Crippen LogP) is 8.91. The molecule has 3 heteroatoms. The molecule has 0 saturated carbocycles. The molecule has 0 saturated heterocycles. The Labute approximate surface area is 189 Å². The number of carbonyl (C=O) groups excluding carboxylic acids is 1. The predicted molar refractivity (Wildman–Crippen MR) is 134 cm³/mol. The monoisotopic (exact) mass is 424 g/mol. The molecular formula is C27H56N2O. The molecule has 180 valence electrons. The number of urea groups is 1. The van der Waals surface area contributed by atoms with Crippen molar-refractivity contribution in [2.75, 3.05) is 13.1 Å². The summed E-state index contributed by atoms with van der Waals surface area (Å²) in [5.74, 6) is 0. The molecule has 0 rings (SSSR count). The van der Waals surface area contributed by atoms with E-state index in [4.69, 9.17) is 0 Å². The first-order valence-electron chi connectivity index (χ1n) is 13.8. The molecule has 0 radical (unpaired) electrons. The van der Waals surface area contributed by atoms with Gasteiger partial charge in [0.1, 0.15) is 0 Å². The van der Waals surface area contributed by atoms with Crippen LogP contribution in [0.3, 0.4) is 0 Å². The summed E-state index contributed by atoms with van der Waals surface area (Å²) < 4.78 is 0. The van der Waals surface area contributed by atoms with E-state index in [1.807, 2.05) is 0 Å². The van der Waals surface area contributed by atoms with E-state index < -0.39 is 0 Å². The third-order valence-corrected chi connectivity index (χ3v) is 6.13. The van der Waals surface area contributed by atoms with E-state index in [2.05, 4.69) is 24.5 Å². The zero-order chi connectivity index (χ0) is 22.0. The number of hydrogen-bond acceptors (Lipinski definition) is 1. The summed E-state index contributed by atoms with van der Waals surface area (Å²) in [6, 6.07) is 0.0222. The molecule has 2 N–H and O–H groups in total. The molecule has 0 aromatic rings. The Hall–Kier alpha value is -0.730. The first-order chi connectivity index (χ1) is 14.8. The highest BCUT2D eigenvalue weighted by atomic mass is 16.2. The number of carbonyl (C=O) groups is 1. The summed E-state index contributed by atoms with van der Waals surface area (Å²) in [5, 5.41) is 6.00. The van der Waals surface area contributed by atoms with E-state index in [0.717, 1.165) is 25.9 Å². The second-order valence-electron chi connectivity index (χ2n) is 9.25. The summed E-state index contributed by atoms with van der Waals surface area (Å²) in [4.78, 5) is 11.8. The van der Waals surface area contributed by atoms with Crippen molar-refractivity contribution in [1.82, 2.24) is 10.6 Å². The average Bonchev–Trinajstić information content (AvgIpc) is 2.75. The third-order valence-electron chi connectivity index (χ3n) is 6.13. The van der Waals surface area contributed by atoms with Crippen LogP contribution >= 0.6 is 0 Å². The van der Waals surface area contributed by atoms with Crippen molar-refractivity contribution in [2.45, 2.75) is 155 Å². The van der Waals surface area contributed by atoms with Crippen LogP contribution in [-0.2, 0) is 0 Å². The first kappa shape index (κ1) is 29.3. The average molecular weight is 425 g/mol. The highest BCUT2D eigenvalue weighted by Crippen LogP contribution is 2.12. The van der Waals surface area contributed by atoms with Gasteiger partial charge in [-0.25, -0.2) is 4.79 Å². The zero-order valence-corrected chi connectivity index (χ0v) is 20.9. The minimum atomic E-state index is 0.0222. The van der Waals surface area contributed by atoms with E-state index in [1.54, 1.807) is 0 Å². The third kappa shape index (κ3) is 25.3. The molecular weight excluding hydrogens is 368 g/mol. The van der Waals surface area contributed by atoms with Crippen LogP contribution in [0.25, 0.3) is 0 Å². The standard InChI is InChI=1S/C27H56N2O/c1-3-5-7-9-11-13-15-16-18-20-22-24-26-29-27(30)28-25-23-21-19-17-14-12-10-8-6-4-2/h3-26H2,1-2H3,(H2,28,29,30). The number of amides is 2. The van der Waals surface area contributed by atoms with E-state index in [9.17, 15) is 4.79 Å². The summed E-state index contributed by atoms with van der Waals surface area (Å²) >= 11 is 0. The van der Waals surface area contributed by atoms with Crippen molar-refractivity contribution < 1.29 is 4.79 Å². The molecule has 0 spiro atoms. The molecule has 0 fully saturated rings. The van der Waals surface area contributed by atoms with Gasteiger partial charge in [0.05, 0.1) is 0 Å². The van der Waals surface area contributed by atoms with Gasteiger partial charge in [0.2, 0.25) is 0 Å². The molecule has 0 aliphatic carbocycles. The lowest BCUT2D eigenvalue weighted by atomic mass is 10.1. The van der Waals surface area contributed by atoms with Crippen molar-refractivity contribution in [2.24, 2.45) is 0 Å². The minimum absolute atomic E-state index is 0.0222. The van der Waals surface area contributed by atoms with Gasteiger partial charge in [0, 0.05) is 13.1 Å². The van der Waals surface area contributed by atoms with Crippen LogP contribution in [0.15, 0.2) is 0 Å². The topological polar surface area (TPSA) is 41.1 Å². The Morgan fingerprint density at radius 1 is 0.400 bits per heavy atom. The van der Waals surface area contributed by atoms with Crippen LogP contribution in [-0.4, -0.2) is 19.1 Å². The van der Waals surface area contributed by atoms with Gasteiger partial charge >= 0.3 is 6.03 Å². The summed E-state index contributed by atoms with van der Waals surface area (Å²) in [5.41, 5.74) is 0. The van der Waals surface area contributed by atoms with Gasteiger partial charge < -0.3 is 10.6 Å². The van der Waals surface area contributed by atoms with Crippen LogP contribution in [0.2, 0.25) is 0 Å². The second kappa shape index (κ2) is 26.3. The van der Waals surface area contributed by atoms with Gasteiger partial charge in [-0.15, -0.1) is 0 Å². The van der Waals surface area contributed by atoms with E-state index in [0.29, 0.717) is 0 Å². The number of nitrogens with one attached hydrogen (secondary N) is 2. The molecule has 0 atom stereocenters. The lowest BCUT2D eigenvalue weighted by molar-refractivity contribution is 0.240. The van der Waals surface area contributed by atoms with Gasteiger partial charge in [0.25, 0.3) is 0 Å². The lowest BCUT2D eigenvalue weighted by Gasteiger charge is -2.08. The molecule has 0 aliphatic rings. The van der Waals surface area contributed by atoms with Gasteiger partial charge in [-0.3, -0.25) is 0 Å². The fourth-order valence-electron chi connectivity index (χ4n) is 4.04. The molecule has 0 bridgehead atoms.